The van der Waals surface area contributed by atoms with E-state index < -0.39 is 17.6 Å². The normalized spacial score (nSPS) is 12.4. The number of hydrogen-bond donors (Lipinski definition) is 2. The zero-order chi connectivity index (χ0) is 16.2. The van der Waals surface area contributed by atoms with E-state index in [-0.39, 0.29) is 11.1 Å². The number of benzene rings is 2. The Morgan fingerprint density at radius 1 is 0.913 bits per heavy atom. The second kappa shape index (κ2) is 6.35. The average Bonchev–Trinajstić information content (AvgIpc) is 2.59. The fourth-order valence-corrected chi connectivity index (χ4v) is 2.08. The standard InChI is InChI=1S/C16H13FN2O4/c17-12-4-2-1-3-11(12)16(21)19-18-15(20)10-5-6-13-14(9-10)23-8-7-22-13/h1-6,9H,7-8H2,(H,18,20)(H,19,21). The van der Waals surface area contributed by atoms with E-state index in [4.69, 9.17) is 9.47 Å². The van der Waals surface area contributed by atoms with Gasteiger partial charge in [0.1, 0.15) is 19.0 Å². The van der Waals surface area contributed by atoms with Gasteiger partial charge in [-0.15, -0.1) is 0 Å². The second-order valence-electron chi connectivity index (χ2n) is 4.75. The first-order chi connectivity index (χ1) is 11.1. The van der Waals surface area contributed by atoms with Gasteiger partial charge in [0.15, 0.2) is 11.5 Å². The number of nitrogens with one attached hydrogen (secondary N) is 2. The summed E-state index contributed by atoms with van der Waals surface area (Å²) in [7, 11) is 0. The summed E-state index contributed by atoms with van der Waals surface area (Å²) >= 11 is 0. The Labute approximate surface area is 131 Å². The predicted molar refractivity (Wildman–Crippen MR) is 78.8 cm³/mol. The maximum atomic E-state index is 13.5. The van der Waals surface area contributed by atoms with E-state index in [1.54, 1.807) is 6.07 Å². The molecule has 6 nitrogen and oxygen atoms in total. The third kappa shape index (κ3) is 3.23. The highest BCUT2D eigenvalue weighted by molar-refractivity contribution is 5.99. The number of carbonyl (C=O) groups is 2. The fraction of sp³-hybridized carbons (Fsp3) is 0.125. The van der Waals surface area contributed by atoms with Crippen LogP contribution in [0.25, 0.3) is 0 Å². The molecule has 118 valence electrons. The molecule has 0 spiro atoms. The van der Waals surface area contributed by atoms with Crippen LogP contribution in [0.5, 0.6) is 11.5 Å². The largest absolute Gasteiger partial charge is 0.486 e. The van der Waals surface area contributed by atoms with Crippen LogP contribution >= 0.6 is 0 Å². The number of halogens is 1. The van der Waals surface area contributed by atoms with E-state index in [2.05, 4.69) is 10.9 Å². The first-order valence-electron chi connectivity index (χ1n) is 6.90. The van der Waals surface area contributed by atoms with Crippen molar-refractivity contribution in [3.63, 3.8) is 0 Å². The Morgan fingerprint density at radius 3 is 2.39 bits per heavy atom. The first-order valence-corrected chi connectivity index (χ1v) is 6.90. The number of carbonyl (C=O) groups excluding carboxylic acids is 2. The minimum absolute atomic E-state index is 0.157. The topological polar surface area (TPSA) is 76.7 Å². The SMILES string of the molecule is O=C(NNC(=O)c1ccccc1F)c1ccc2c(c1)OCCO2. The van der Waals surface area contributed by atoms with Gasteiger partial charge in [0.25, 0.3) is 11.8 Å². The quantitative estimate of drug-likeness (QED) is 0.826. The third-order valence-corrected chi connectivity index (χ3v) is 3.21. The number of fused-ring (bicyclic) bond motifs is 1. The highest BCUT2D eigenvalue weighted by Gasteiger charge is 2.16. The van der Waals surface area contributed by atoms with Crippen molar-refractivity contribution in [2.24, 2.45) is 0 Å². The van der Waals surface area contributed by atoms with Crippen LogP contribution in [0.3, 0.4) is 0 Å². The van der Waals surface area contributed by atoms with E-state index >= 15 is 0 Å². The molecule has 0 saturated carbocycles. The van der Waals surface area contributed by atoms with E-state index in [1.807, 2.05) is 0 Å². The first kappa shape index (κ1) is 14.8. The van der Waals surface area contributed by atoms with Gasteiger partial charge in [0, 0.05) is 5.56 Å². The zero-order valence-electron chi connectivity index (χ0n) is 12.0. The zero-order valence-corrected chi connectivity index (χ0v) is 12.0. The van der Waals surface area contributed by atoms with Gasteiger partial charge in [-0.25, -0.2) is 4.39 Å². The summed E-state index contributed by atoms with van der Waals surface area (Å²) in [5.74, 6) is -0.938. The molecule has 1 aliphatic rings. The van der Waals surface area contributed by atoms with Crippen LogP contribution in [0.4, 0.5) is 4.39 Å². The van der Waals surface area contributed by atoms with Crippen molar-refractivity contribution in [1.82, 2.24) is 10.9 Å². The molecule has 0 fully saturated rings. The van der Waals surface area contributed by atoms with Crippen LogP contribution in [0.2, 0.25) is 0 Å². The van der Waals surface area contributed by atoms with Gasteiger partial charge in [0.2, 0.25) is 0 Å². The lowest BCUT2D eigenvalue weighted by atomic mass is 10.2. The summed E-state index contributed by atoms with van der Waals surface area (Å²) in [6, 6.07) is 10.2. The molecule has 0 aromatic heterocycles. The Hall–Kier alpha value is -3.09. The number of amides is 2. The molecule has 0 radical (unpaired) electrons. The highest BCUT2D eigenvalue weighted by Crippen LogP contribution is 2.30. The summed E-state index contributed by atoms with van der Waals surface area (Å²) in [6.45, 7) is 0.860. The van der Waals surface area contributed by atoms with E-state index in [0.29, 0.717) is 24.7 Å². The lowest BCUT2D eigenvalue weighted by molar-refractivity contribution is 0.0843. The lowest BCUT2D eigenvalue weighted by Crippen LogP contribution is -2.42. The van der Waals surface area contributed by atoms with Crippen LogP contribution in [0.1, 0.15) is 20.7 Å². The van der Waals surface area contributed by atoms with Gasteiger partial charge in [-0.1, -0.05) is 12.1 Å². The Balaban J connectivity index is 1.66. The summed E-state index contributed by atoms with van der Waals surface area (Å²) in [4.78, 5) is 23.9. The number of rotatable bonds is 2. The van der Waals surface area contributed by atoms with Gasteiger partial charge in [0.05, 0.1) is 5.56 Å². The van der Waals surface area contributed by atoms with Gasteiger partial charge in [-0.2, -0.15) is 0 Å². The molecule has 2 amide bonds. The second-order valence-corrected chi connectivity index (χ2v) is 4.75. The molecule has 0 saturated heterocycles. The smallest absolute Gasteiger partial charge is 0.272 e. The molecule has 2 N–H and O–H groups in total. The molecule has 0 aliphatic carbocycles. The van der Waals surface area contributed by atoms with Crippen molar-refractivity contribution >= 4 is 11.8 Å². The van der Waals surface area contributed by atoms with Crippen molar-refractivity contribution in [3.05, 3.63) is 59.4 Å². The Kier molecular flexibility index (Phi) is 4.09. The van der Waals surface area contributed by atoms with E-state index in [0.717, 1.165) is 6.07 Å². The summed E-state index contributed by atoms with van der Waals surface area (Å²) in [5, 5.41) is 0. The van der Waals surface area contributed by atoms with Crippen LogP contribution in [-0.4, -0.2) is 25.0 Å². The molecule has 0 bridgehead atoms. The van der Waals surface area contributed by atoms with Gasteiger partial charge < -0.3 is 9.47 Å². The average molecular weight is 316 g/mol. The molecule has 1 aliphatic heterocycles. The molecule has 3 rings (SSSR count). The molecule has 23 heavy (non-hydrogen) atoms. The fourth-order valence-electron chi connectivity index (χ4n) is 2.08. The molecule has 7 heteroatoms. The van der Waals surface area contributed by atoms with Crippen LogP contribution in [-0.2, 0) is 0 Å². The maximum absolute atomic E-state index is 13.5. The van der Waals surface area contributed by atoms with E-state index in [1.165, 1.54) is 30.3 Å². The Bertz CT molecular complexity index is 763. The predicted octanol–water partition coefficient (Wildman–Crippen LogP) is 1.67. The Morgan fingerprint density at radius 2 is 1.61 bits per heavy atom. The maximum Gasteiger partial charge on any atom is 0.272 e. The van der Waals surface area contributed by atoms with Crippen molar-refractivity contribution in [2.75, 3.05) is 13.2 Å². The lowest BCUT2D eigenvalue weighted by Gasteiger charge is -2.18. The number of hydrazine groups is 1. The number of hydrogen-bond acceptors (Lipinski definition) is 4. The van der Waals surface area contributed by atoms with Crippen molar-refractivity contribution < 1.29 is 23.5 Å². The number of ether oxygens (including phenoxy) is 2. The summed E-state index contributed by atoms with van der Waals surface area (Å²) in [5.41, 5.74) is 4.52. The highest BCUT2D eigenvalue weighted by atomic mass is 19.1. The van der Waals surface area contributed by atoms with Crippen LogP contribution in [0, 0.1) is 5.82 Å². The minimum atomic E-state index is -0.742. The van der Waals surface area contributed by atoms with Gasteiger partial charge in [-0.05, 0) is 30.3 Å². The van der Waals surface area contributed by atoms with Crippen molar-refractivity contribution in [3.8, 4) is 11.5 Å². The summed E-state index contributed by atoms with van der Waals surface area (Å²) < 4.78 is 24.2. The van der Waals surface area contributed by atoms with Crippen molar-refractivity contribution in [1.29, 1.82) is 0 Å². The monoisotopic (exact) mass is 316 g/mol. The van der Waals surface area contributed by atoms with Crippen LogP contribution < -0.4 is 20.3 Å². The molecule has 2 aromatic carbocycles. The molecule has 1 heterocycles. The summed E-state index contributed by atoms with van der Waals surface area (Å²) in [6.07, 6.45) is 0. The molecule has 2 aromatic rings. The van der Waals surface area contributed by atoms with Gasteiger partial charge >= 0.3 is 0 Å². The van der Waals surface area contributed by atoms with Crippen LogP contribution in [0.15, 0.2) is 42.5 Å². The third-order valence-electron chi connectivity index (χ3n) is 3.21. The molecule has 0 unspecified atom stereocenters. The minimum Gasteiger partial charge on any atom is -0.486 e. The van der Waals surface area contributed by atoms with Gasteiger partial charge in [-0.3, -0.25) is 20.4 Å². The molecular formula is C16H13FN2O4. The molecular weight excluding hydrogens is 303 g/mol. The molecule has 0 atom stereocenters. The van der Waals surface area contributed by atoms with Crippen molar-refractivity contribution in [2.45, 2.75) is 0 Å². The van der Waals surface area contributed by atoms with E-state index in [9.17, 15) is 14.0 Å².